The maximum atomic E-state index is 12.3. The predicted octanol–water partition coefficient (Wildman–Crippen LogP) is 1.51. The van der Waals surface area contributed by atoms with Crippen LogP contribution in [0.4, 0.5) is 12.9 Å². The van der Waals surface area contributed by atoms with Gasteiger partial charge in [0.2, 0.25) is 0 Å². The van der Waals surface area contributed by atoms with Gasteiger partial charge in [-0.05, 0) is 13.0 Å². The minimum absolute atomic E-state index is 0.0557. The van der Waals surface area contributed by atoms with Crippen molar-refractivity contribution in [2.24, 2.45) is 0 Å². The van der Waals surface area contributed by atoms with Crippen LogP contribution < -0.4 is 10.2 Å². The molecule has 1 rings (SSSR count). The van der Waals surface area contributed by atoms with E-state index in [1.165, 1.54) is 6.20 Å². The number of aromatic nitrogens is 1. The third kappa shape index (κ3) is 3.79. The van der Waals surface area contributed by atoms with Gasteiger partial charge in [-0.2, -0.15) is 0 Å². The summed E-state index contributed by atoms with van der Waals surface area (Å²) in [5, 5.41) is 0. The van der Waals surface area contributed by atoms with Crippen molar-refractivity contribution < 1.29 is 22.4 Å². The Labute approximate surface area is 85.3 Å². The minimum atomic E-state index is -5.03. The highest BCUT2D eigenvalue weighted by Crippen LogP contribution is 2.12. The van der Waals surface area contributed by atoms with E-state index in [1.54, 1.807) is 6.92 Å². The van der Waals surface area contributed by atoms with E-state index in [-0.39, 0.29) is 12.5 Å². The Kier molecular flexibility index (Phi) is 3.96. The van der Waals surface area contributed by atoms with Crippen LogP contribution in [0.3, 0.4) is 0 Å². The molecule has 0 spiro atoms. The highest BCUT2D eigenvalue weighted by Gasteiger charge is 2.26. The Hall–Kier alpha value is -1.24. The number of rotatable bonds is 5. The van der Waals surface area contributed by atoms with Gasteiger partial charge in [-0.25, -0.2) is 0 Å². The maximum Gasteiger partial charge on any atom is 0.511 e. The van der Waals surface area contributed by atoms with Crippen LogP contribution in [-0.2, 0) is 4.74 Å². The molecular weight excluding hydrogens is 210 g/mol. The highest BCUT2D eigenvalue weighted by molar-refractivity contribution is 6.73. The molecule has 0 fully saturated rings. The number of nitrogens with zero attached hydrogens (tertiary/aromatic N) is 1. The van der Waals surface area contributed by atoms with Crippen LogP contribution in [0.25, 0.3) is 0 Å². The largest absolute Gasteiger partial charge is 0.511 e. The van der Waals surface area contributed by atoms with Crippen molar-refractivity contribution in [3.05, 3.63) is 18.5 Å². The zero-order valence-corrected chi connectivity index (χ0v) is 8.12. The van der Waals surface area contributed by atoms with Crippen LogP contribution >= 0.6 is 0 Å². The number of hydrogen-bond donors (Lipinski definition) is 0. The second-order valence-corrected chi connectivity index (χ2v) is 2.78. The molecule has 0 bridgehead atoms. The smallest absolute Gasteiger partial charge is 0.466 e. The summed E-state index contributed by atoms with van der Waals surface area (Å²) in [6.07, 6.45) is 1.98. The fraction of sp³-hybridized carbons (Fsp3) is 0.375. The summed E-state index contributed by atoms with van der Waals surface area (Å²) in [7, 11) is 0. The molecule has 15 heavy (non-hydrogen) atoms. The van der Waals surface area contributed by atoms with Crippen LogP contribution in [0.15, 0.2) is 18.5 Å². The van der Waals surface area contributed by atoms with Gasteiger partial charge in [-0.1, -0.05) is 5.46 Å². The van der Waals surface area contributed by atoms with E-state index in [0.717, 1.165) is 12.3 Å². The van der Waals surface area contributed by atoms with E-state index in [4.69, 9.17) is 9.47 Å². The molecule has 0 saturated carbocycles. The maximum absolute atomic E-state index is 12.3. The van der Waals surface area contributed by atoms with E-state index in [2.05, 4.69) is 4.98 Å². The summed E-state index contributed by atoms with van der Waals surface area (Å²) < 4.78 is 46.6. The summed E-state index contributed by atoms with van der Waals surface area (Å²) in [6, 6.07) is 0.909. The Bertz CT molecular complexity index is 319. The summed E-state index contributed by atoms with van der Waals surface area (Å²) in [4.78, 5) is 3.44. The number of ether oxygens (including phenoxy) is 2. The van der Waals surface area contributed by atoms with E-state index in [9.17, 15) is 12.9 Å². The molecule has 0 unspecified atom stereocenters. The van der Waals surface area contributed by atoms with E-state index >= 15 is 0 Å². The first-order chi connectivity index (χ1) is 7.04. The summed E-state index contributed by atoms with van der Waals surface area (Å²) >= 11 is 0. The standard InChI is InChI=1S/C8H10BF3NO2/c1-2-14-6-15-8-3-7(4-13-5-8)9(10,11)12/h3-5H,2,6H2,1H3/q-1. The fourth-order valence-electron chi connectivity index (χ4n) is 0.887. The van der Waals surface area contributed by atoms with Crippen molar-refractivity contribution in [1.82, 2.24) is 4.98 Å². The van der Waals surface area contributed by atoms with Gasteiger partial charge < -0.3 is 22.4 Å². The fourth-order valence-corrected chi connectivity index (χ4v) is 0.887. The summed E-state index contributed by atoms with van der Waals surface area (Å²) in [6.45, 7) is -2.91. The molecular formula is C8H10BF3NO2-. The van der Waals surface area contributed by atoms with Crippen molar-refractivity contribution in [1.29, 1.82) is 0 Å². The molecule has 0 aliphatic carbocycles. The van der Waals surface area contributed by atoms with Crippen LogP contribution in [-0.4, -0.2) is 25.4 Å². The molecule has 0 saturated heterocycles. The molecule has 7 heteroatoms. The SMILES string of the molecule is CCOCOc1cncc([B-](F)(F)F)c1. The van der Waals surface area contributed by atoms with E-state index in [1.807, 2.05) is 0 Å². The first-order valence-electron chi connectivity index (χ1n) is 4.39. The molecule has 0 aromatic carbocycles. The molecule has 84 valence electrons. The zero-order chi connectivity index (χ0) is 11.3. The van der Waals surface area contributed by atoms with Gasteiger partial charge in [-0.15, -0.1) is 0 Å². The molecule has 0 radical (unpaired) electrons. The molecule has 1 heterocycles. The first-order valence-corrected chi connectivity index (χ1v) is 4.39. The molecule has 0 aliphatic heterocycles. The Morgan fingerprint density at radius 3 is 2.67 bits per heavy atom. The van der Waals surface area contributed by atoms with E-state index in [0.29, 0.717) is 6.61 Å². The van der Waals surface area contributed by atoms with Crippen LogP contribution in [0.1, 0.15) is 6.92 Å². The van der Waals surface area contributed by atoms with Crippen molar-refractivity contribution in [2.45, 2.75) is 6.92 Å². The highest BCUT2D eigenvalue weighted by atomic mass is 19.4. The average molecular weight is 220 g/mol. The Balaban J connectivity index is 2.66. The quantitative estimate of drug-likeness (QED) is 0.428. The van der Waals surface area contributed by atoms with Crippen molar-refractivity contribution in [3.63, 3.8) is 0 Å². The lowest BCUT2D eigenvalue weighted by molar-refractivity contribution is 0.0222. The second-order valence-electron chi connectivity index (χ2n) is 2.78. The number of halogens is 3. The predicted molar refractivity (Wildman–Crippen MR) is 50.1 cm³/mol. The van der Waals surface area contributed by atoms with Gasteiger partial charge in [0.05, 0.1) is 6.20 Å². The summed E-state index contributed by atoms with van der Waals surface area (Å²) in [5.74, 6) is 0.0557. The molecule has 3 nitrogen and oxygen atoms in total. The van der Waals surface area contributed by atoms with Gasteiger partial charge in [0.1, 0.15) is 5.75 Å². The van der Waals surface area contributed by atoms with Crippen molar-refractivity contribution in [3.8, 4) is 5.75 Å². The van der Waals surface area contributed by atoms with Gasteiger partial charge >= 0.3 is 6.98 Å². The molecule has 1 aromatic heterocycles. The minimum Gasteiger partial charge on any atom is -0.466 e. The normalized spacial score (nSPS) is 11.5. The number of pyridine rings is 1. The van der Waals surface area contributed by atoms with Gasteiger partial charge in [0.15, 0.2) is 6.79 Å². The summed E-state index contributed by atoms with van der Waals surface area (Å²) in [5.41, 5.74) is -0.774. The lowest BCUT2D eigenvalue weighted by atomic mass is 9.81. The third-order valence-electron chi connectivity index (χ3n) is 1.63. The van der Waals surface area contributed by atoms with Gasteiger partial charge in [0.25, 0.3) is 0 Å². The topological polar surface area (TPSA) is 31.4 Å². The first kappa shape index (κ1) is 11.8. The molecule has 0 amide bonds. The number of hydrogen-bond acceptors (Lipinski definition) is 3. The van der Waals surface area contributed by atoms with Crippen molar-refractivity contribution in [2.75, 3.05) is 13.4 Å². The monoisotopic (exact) mass is 220 g/mol. The second kappa shape index (κ2) is 5.02. The van der Waals surface area contributed by atoms with Crippen LogP contribution in [0, 0.1) is 0 Å². The lowest BCUT2D eigenvalue weighted by Gasteiger charge is -2.15. The third-order valence-corrected chi connectivity index (χ3v) is 1.63. The molecule has 1 aromatic rings. The van der Waals surface area contributed by atoms with Crippen LogP contribution in [0.5, 0.6) is 5.75 Å². The van der Waals surface area contributed by atoms with Gasteiger partial charge in [-0.3, -0.25) is 4.98 Å². The van der Waals surface area contributed by atoms with Crippen molar-refractivity contribution >= 4 is 12.4 Å². The Morgan fingerprint density at radius 2 is 2.07 bits per heavy atom. The average Bonchev–Trinajstić information content (AvgIpc) is 2.17. The zero-order valence-electron chi connectivity index (χ0n) is 8.12. The molecule has 0 N–H and O–H groups in total. The molecule has 0 atom stereocenters. The molecule has 0 aliphatic rings. The van der Waals surface area contributed by atoms with Gasteiger partial charge in [0, 0.05) is 12.8 Å². The lowest BCUT2D eigenvalue weighted by Crippen LogP contribution is -2.34. The van der Waals surface area contributed by atoms with E-state index < -0.39 is 12.4 Å². The van der Waals surface area contributed by atoms with Crippen LogP contribution in [0.2, 0.25) is 0 Å². The Morgan fingerprint density at radius 1 is 1.33 bits per heavy atom.